The van der Waals surface area contributed by atoms with E-state index in [4.69, 9.17) is 4.43 Å². The summed E-state index contributed by atoms with van der Waals surface area (Å²) in [5.41, 5.74) is 0.0544. The number of Topliss-reactive ketones (excluding diaryl/α,β-unsaturated/α-hetero) is 1. The van der Waals surface area contributed by atoms with E-state index in [1.54, 1.807) is 0 Å². The van der Waals surface area contributed by atoms with E-state index in [1.807, 2.05) is 0 Å². The molecule has 0 aromatic rings. The summed E-state index contributed by atoms with van der Waals surface area (Å²) in [6.45, 7) is 6.86. The van der Waals surface area contributed by atoms with Gasteiger partial charge in [-0.15, -0.1) is 0 Å². The second-order valence-corrected chi connectivity index (χ2v) is 11.6. The molecule has 2 fully saturated rings. The molecule has 0 radical (unpaired) electrons. The third-order valence-electron chi connectivity index (χ3n) is 4.44. The van der Waals surface area contributed by atoms with Crippen LogP contribution in [0, 0.1) is 5.92 Å². The van der Waals surface area contributed by atoms with Crippen molar-refractivity contribution in [1.82, 2.24) is 0 Å². The number of hydrogen-bond donors (Lipinski definition) is 0. The third kappa shape index (κ3) is 3.44. The van der Waals surface area contributed by atoms with Gasteiger partial charge in [-0.05, 0) is 51.2 Å². The normalized spacial score (nSPS) is 29.3. The SMILES string of the molecule is C[Si](C)(C)OC1(C2CCCC(=O)C2)CCCCC1. The van der Waals surface area contributed by atoms with Crippen LogP contribution >= 0.6 is 0 Å². The molecule has 2 nitrogen and oxygen atoms in total. The first kappa shape index (κ1) is 14.3. The summed E-state index contributed by atoms with van der Waals surface area (Å²) in [7, 11) is -1.53. The van der Waals surface area contributed by atoms with E-state index >= 15 is 0 Å². The summed E-state index contributed by atoms with van der Waals surface area (Å²) in [6, 6.07) is 0. The van der Waals surface area contributed by atoms with Crippen molar-refractivity contribution in [3.05, 3.63) is 0 Å². The Morgan fingerprint density at radius 3 is 2.33 bits per heavy atom. The zero-order valence-electron chi connectivity index (χ0n) is 12.3. The van der Waals surface area contributed by atoms with Gasteiger partial charge in [-0.3, -0.25) is 4.79 Å². The summed E-state index contributed by atoms with van der Waals surface area (Å²) < 4.78 is 6.64. The van der Waals surface area contributed by atoms with Crippen LogP contribution in [-0.2, 0) is 9.22 Å². The van der Waals surface area contributed by atoms with Gasteiger partial charge in [0, 0.05) is 12.8 Å². The minimum Gasteiger partial charge on any atom is -0.412 e. The smallest absolute Gasteiger partial charge is 0.184 e. The maximum atomic E-state index is 11.8. The monoisotopic (exact) mass is 268 g/mol. The molecule has 0 N–H and O–H groups in total. The Morgan fingerprint density at radius 2 is 1.78 bits per heavy atom. The molecule has 1 atom stereocenters. The first-order chi connectivity index (χ1) is 8.41. The maximum Gasteiger partial charge on any atom is 0.184 e. The highest BCUT2D eigenvalue weighted by Gasteiger charge is 2.44. The molecule has 3 heteroatoms. The van der Waals surface area contributed by atoms with Crippen molar-refractivity contribution < 1.29 is 9.22 Å². The van der Waals surface area contributed by atoms with E-state index in [9.17, 15) is 4.79 Å². The molecule has 2 aliphatic carbocycles. The Balaban J connectivity index is 2.15. The fourth-order valence-corrected chi connectivity index (χ4v) is 5.42. The Hall–Kier alpha value is -0.153. The molecule has 0 amide bonds. The topological polar surface area (TPSA) is 26.3 Å². The van der Waals surface area contributed by atoms with Gasteiger partial charge in [0.15, 0.2) is 8.32 Å². The molecule has 0 saturated heterocycles. The second kappa shape index (κ2) is 5.46. The molecular formula is C15H28O2Si. The first-order valence-corrected chi connectivity index (χ1v) is 11.0. The quantitative estimate of drug-likeness (QED) is 0.713. The molecule has 0 aliphatic heterocycles. The van der Waals surface area contributed by atoms with Crippen molar-refractivity contribution in [2.45, 2.75) is 83.0 Å². The highest BCUT2D eigenvalue weighted by atomic mass is 28.4. The Bertz CT molecular complexity index is 300. The van der Waals surface area contributed by atoms with Crippen molar-refractivity contribution in [3.63, 3.8) is 0 Å². The van der Waals surface area contributed by atoms with E-state index in [2.05, 4.69) is 19.6 Å². The van der Waals surface area contributed by atoms with Crippen LogP contribution < -0.4 is 0 Å². The van der Waals surface area contributed by atoms with Gasteiger partial charge in [-0.2, -0.15) is 0 Å². The summed E-state index contributed by atoms with van der Waals surface area (Å²) in [5.74, 6) is 0.973. The van der Waals surface area contributed by atoms with Gasteiger partial charge < -0.3 is 4.43 Å². The van der Waals surface area contributed by atoms with Gasteiger partial charge in [0.1, 0.15) is 5.78 Å². The predicted octanol–water partition coefficient (Wildman–Crippen LogP) is 4.30. The van der Waals surface area contributed by atoms with Crippen LogP contribution in [0.25, 0.3) is 0 Å². The Kier molecular flexibility index (Phi) is 4.32. The lowest BCUT2D eigenvalue weighted by Crippen LogP contribution is -2.50. The summed E-state index contributed by atoms with van der Waals surface area (Å²) in [4.78, 5) is 11.8. The number of hydrogen-bond acceptors (Lipinski definition) is 2. The lowest BCUT2D eigenvalue weighted by atomic mass is 9.69. The van der Waals surface area contributed by atoms with Crippen LogP contribution in [0.1, 0.15) is 57.8 Å². The highest BCUT2D eigenvalue weighted by molar-refractivity contribution is 6.69. The van der Waals surface area contributed by atoms with Gasteiger partial charge in [0.25, 0.3) is 0 Å². The Morgan fingerprint density at radius 1 is 1.11 bits per heavy atom. The molecule has 0 spiro atoms. The Labute approximate surface area is 113 Å². The molecule has 0 aromatic carbocycles. The van der Waals surface area contributed by atoms with E-state index in [1.165, 1.54) is 38.5 Å². The molecule has 2 rings (SSSR count). The zero-order chi connectivity index (χ0) is 13.2. The van der Waals surface area contributed by atoms with E-state index in [0.717, 1.165) is 19.3 Å². The summed E-state index contributed by atoms with van der Waals surface area (Å²) >= 11 is 0. The van der Waals surface area contributed by atoms with E-state index in [0.29, 0.717) is 11.7 Å². The largest absolute Gasteiger partial charge is 0.412 e. The number of carbonyl (C=O) groups excluding carboxylic acids is 1. The number of ketones is 1. The molecular weight excluding hydrogens is 240 g/mol. The van der Waals surface area contributed by atoms with Gasteiger partial charge in [0.2, 0.25) is 0 Å². The second-order valence-electron chi connectivity index (χ2n) is 7.17. The van der Waals surface area contributed by atoms with Gasteiger partial charge >= 0.3 is 0 Å². The molecule has 2 saturated carbocycles. The molecule has 0 bridgehead atoms. The molecule has 0 aromatic heterocycles. The number of rotatable bonds is 3. The first-order valence-electron chi connectivity index (χ1n) is 7.63. The van der Waals surface area contributed by atoms with Crippen LogP contribution in [0.15, 0.2) is 0 Å². The lowest BCUT2D eigenvalue weighted by Gasteiger charge is -2.48. The molecule has 1 unspecified atom stereocenters. The van der Waals surface area contributed by atoms with E-state index < -0.39 is 8.32 Å². The summed E-state index contributed by atoms with van der Waals surface area (Å²) in [6.07, 6.45) is 10.2. The fourth-order valence-electron chi connectivity index (χ4n) is 3.83. The average molecular weight is 268 g/mol. The van der Waals surface area contributed by atoms with E-state index in [-0.39, 0.29) is 5.60 Å². The average Bonchev–Trinajstić information content (AvgIpc) is 2.28. The predicted molar refractivity (Wildman–Crippen MR) is 77.2 cm³/mol. The molecule has 104 valence electrons. The van der Waals surface area contributed by atoms with Gasteiger partial charge in [-0.1, -0.05) is 19.3 Å². The lowest BCUT2D eigenvalue weighted by molar-refractivity contribution is -0.126. The minimum atomic E-state index is -1.53. The summed E-state index contributed by atoms with van der Waals surface area (Å²) in [5, 5.41) is 0. The van der Waals surface area contributed by atoms with Crippen LogP contribution in [-0.4, -0.2) is 19.7 Å². The molecule has 18 heavy (non-hydrogen) atoms. The van der Waals surface area contributed by atoms with Crippen LogP contribution in [0.4, 0.5) is 0 Å². The van der Waals surface area contributed by atoms with Crippen molar-refractivity contribution >= 4 is 14.1 Å². The zero-order valence-corrected chi connectivity index (χ0v) is 13.3. The molecule has 2 aliphatic rings. The van der Waals surface area contributed by atoms with Crippen LogP contribution in [0.5, 0.6) is 0 Å². The number of carbonyl (C=O) groups is 1. The maximum absolute atomic E-state index is 11.8. The minimum absolute atomic E-state index is 0.0544. The van der Waals surface area contributed by atoms with Crippen molar-refractivity contribution in [2.24, 2.45) is 5.92 Å². The van der Waals surface area contributed by atoms with Gasteiger partial charge in [0.05, 0.1) is 5.60 Å². The van der Waals surface area contributed by atoms with Crippen molar-refractivity contribution in [1.29, 1.82) is 0 Å². The van der Waals surface area contributed by atoms with Crippen molar-refractivity contribution in [3.8, 4) is 0 Å². The van der Waals surface area contributed by atoms with Crippen LogP contribution in [0.3, 0.4) is 0 Å². The highest BCUT2D eigenvalue weighted by Crippen LogP contribution is 2.44. The third-order valence-corrected chi connectivity index (χ3v) is 5.45. The van der Waals surface area contributed by atoms with Gasteiger partial charge in [-0.25, -0.2) is 0 Å². The standard InChI is InChI=1S/C15H28O2Si/c1-18(2,3)17-15(10-5-4-6-11-15)13-8-7-9-14(16)12-13/h13H,4-12H2,1-3H3. The van der Waals surface area contributed by atoms with Crippen molar-refractivity contribution in [2.75, 3.05) is 0 Å². The molecule has 0 heterocycles. The van der Waals surface area contributed by atoms with Crippen LogP contribution in [0.2, 0.25) is 19.6 Å². The fraction of sp³-hybridized carbons (Fsp3) is 0.933.